The van der Waals surface area contributed by atoms with E-state index in [-0.39, 0.29) is 18.4 Å². The SMILES string of the molecule is N#Cc1cc(Br)cc(CN2C(=O)c3ccccc3C2=O)c1. The predicted octanol–water partition coefficient (Wildman–Crippen LogP) is 3.12. The van der Waals surface area contributed by atoms with Crippen molar-refractivity contribution >= 4 is 27.7 Å². The van der Waals surface area contributed by atoms with E-state index in [0.29, 0.717) is 16.7 Å². The largest absolute Gasteiger partial charge is 0.270 e. The van der Waals surface area contributed by atoms with E-state index in [1.54, 1.807) is 42.5 Å². The molecule has 0 saturated carbocycles. The van der Waals surface area contributed by atoms with E-state index in [9.17, 15) is 9.59 Å². The summed E-state index contributed by atoms with van der Waals surface area (Å²) < 4.78 is 0.744. The number of nitrogens with zero attached hydrogens (tertiary/aromatic N) is 2. The molecule has 2 aromatic carbocycles. The van der Waals surface area contributed by atoms with Gasteiger partial charge in [0, 0.05) is 4.47 Å². The summed E-state index contributed by atoms with van der Waals surface area (Å²) in [7, 11) is 0. The molecule has 0 bridgehead atoms. The Morgan fingerprint density at radius 2 is 1.67 bits per heavy atom. The van der Waals surface area contributed by atoms with Crippen LogP contribution in [0.1, 0.15) is 31.8 Å². The zero-order valence-electron chi connectivity index (χ0n) is 10.8. The second kappa shape index (κ2) is 5.15. The Morgan fingerprint density at radius 3 is 2.24 bits per heavy atom. The third-order valence-electron chi connectivity index (χ3n) is 3.31. The van der Waals surface area contributed by atoms with Crippen LogP contribution in [0.15, 0.2) is 46.9 Å². The van der Waals surface area contributed by atoms with E-state index in [4.69, 9.17) is 5.26 Å². The second-order valence-electron chi connectivity index (χ2n) is 4.70. The lowest BCUT2D eigenvalue weighted by Crippen LogP contribution is -2.29. The lowest BCUT2D eigenvalue weighted by Gasteiger charge is -2.14. The van der Waals surface area contributed by atoms with E-state index in [1.165, 1.54) is 4.90 Å². The third-order valence-corrected chi connectivity index (χ3v) is 3.76. The average Bonchev–Trinajstić information content (AvgIpc) is 2.72. The number of rotatable bonds is 2. The van der Waals surface area contributed by atoms with Crippen LogP contribution in [0.3, 0.4) is 0 Å². The highest BCUT2D eigenvalue weighted by molar-refractivity contribution is 9.10. The van der Waals surface area contributed by atoms with Crippen molar-refractivity contribution in [3.05, 3.63) is 69.2 Å². The molecule has 2 aromatic rings. The predicted molar refractivity (Wildman–Crippen MR) is 79.5 cm³/mol. The van der Waals surface area contributed by atoms with Gasteiger partial charge in [0.05, 0.1) is 29.3 Å². The Kier molecular flexibility index (Phi) is 3.32. The monoisotopic (exact) mass is 340 g/mol. The van der Waals surface area contributed by atoms with Gasteiger partial charge < -0.3 is 0 Å². The van der Waals surface area contributed by atoms with Crippen molar-refractivity contribution in [3.63, 3.8) is 0 Å². The molecule has 0 unspecified atom stereocenters. The number of carbonyl (C=O) groups excluding carboxylic acids is 2. The second-order valence-corrected chi connectivity index (χ2v) is 5.62. The number of hydrogen-bond acceptors (Lipinski definition) is 3. The molecule has 102 valence electrons. The molecule has 0 fully saturated rings. The Hall–Kier alpha value is -2.45. The first-order valence-electron chi connectivity index (χ1n) is 6.25. The number of halogens is 1. The molecule has 4 nitrogen and oxygen atoms in total. The molecule has 0 N–H and O–H groups in total. The van der Waals surface area contributed by atoms with E-state index >= 15 is 0 Å². The fourth-order valence-electron chi connectivity index (χ4n) is 2.37. The number of hydrogen-bond donors (Lipinski definition) is 0. The van der Waals surface area contributed by atoms with Crippen molar-refractivity contribution in [2.24, 2.45) is 0 Å². The number of amides is 2. The first-order valence-corrected chi connectivity index (χ1v) is 7.04. The minimum atomic E-state index is -0.297. The maximum absolute atomic E-state index is 12.3. The van der Waals surface area contributed by atoms with E-state index in [0.717, 1.165) is 10.0 Å². The summed E-state index contributed by atoms with van der Waals surface area (Å²) >= 11 is 3.32. The lowest BCUT2D eigenvalue weighted by molar-refractivity contribution is 0.0642. The molecule has 21 heavy (non-hydrogen) atoms. The summed E-state index contributed by atoms with van der Waals surface area (Å²) in [5.74, 6) is -0.594. The van der Waals surface area contributed by atoms with Gasteiger partial charge in [-0.05, 0) is 35.9 Å². The zero-order chi connectivity index (χ0) is 15.0. The molecule has 0 aliphatic carbocycles. The van der Waals surface area contributed by atoms with Crippen molar-refractivity contribution in [2.75, 3.05) is 0 Å². The first-order chi connectivity index (χ1) is 10.1. The van der Waals surface area contributed by atoms with E-state index in [2.05, 4.69) is 22.0 Å². The van der Waals surface area contributed by atoms with Crippen molar-refractivity contribution in [3.8, 4) is 6.07 Å². The van der Waals surface area contributed by atoms with Gasteiger partial charge in [0.2, 0.25) is 0 Å². The molecular weight excluding hydrogens is 332 g/mol. The molecule has 3 rings (SSSR count). The van der Waals surface area contributed by atoms with Crippen LogP contribution in [-0.4, -0.2) is 16.7 Å². The van der Waals surface area contributed by atoms with Crippen LogP contribution in [0.4, 0.5) is 0 Å². The third kappa shape index (κ3) is 2.34. The molecule has 1 aliphatic rings. The standard InChI is InChI=1S/C16H9BrN2O2/c17-12-6-10(8-18)5-11(7-12)9-19-15(20)13-3-1-2-4-14(13)16(19)21/h1-7H,9H2. The number of carbonyl (C=O) groups is 2. The lowest BCUT2D eigenvalue weighted by atomic mass is 10.1. The van der Waals surface area contributed by atoms with Crippen LogP contribution < -0.4 is 0 Å². The highest BCUT2D eigenvalue weighted by Crippen LogP contribution is 2.25. The molecular formula is C16H9BrN2O2. The van der Waals surface area contributed by atoms with Gasteiger partial charge >= 0.3 is 0 Å². The molecule has 0 radical (unpaired) electrons. The van der Waals surface area contributed by atoms with Gasteiger partial charge in [0.25, 0.3) is 11.8 Å². The quantitative estimate of drug-likeness (QED) is 0.789. The highest BCUT2D eigenvalue weighted by atomic mass is 79.9. The van der Waals surface area contributed by atoms with Gasteiger partial charge in [-0.3, -0.25) is 14.5 Å². The number of nitriles is 1. The first kappa shape index (κ1) is 13.5. The maximum Gasteiger partial charge on any atom is 0.261 e. The van der Waals surface area contributed by atoms with Gasteiger partial charge in [0.1, 0.15) is 0 Å². The molecule has 0 aromatic heterocycles. The Balaban J connectivity index is 1.94. The summed E-state index contributed by atoms with van der Waals surface area (Å²) in [6, 6.07) is 14.0. The van der Waals surface area contributed by atoms with Crippen LogP contribution in [0.25, 0.3) is 0 Å². The Morgan fingerprint density at radius 1 is 1.05 bits per heavy atom. The van der Waals surface area contributed by atoms with Gasteiger partial charge in [-0.1, -0.05) is 28.1 Å². The molecule has 2 amide bonds. The van der Waals surface area contributed by atoms with Crippen LogP contribution in [0.5, 0.6) is 0 Å². The summed E-state index contributed by atoms with van der Waals surface area (Å²) in [4.78, 5) is 25.8. The van der Waals surface area contributed by atoms with Crippen molar-refractivity contribution in [2.45, 2.75) is 6.54 Å². The van der Waals surface area contributed by atoms with Gasteiger partial charge in [-0.25, -0.2) is 0 Å². The highest BCUT2D eigenvalue weighted by Gasteiger charge is 2.34. The van der Waals surface area contributed by atoms with Crippen LogP contribution in [0, 0.1) is 11.3 Å². The van der Waals surface area contributed by atoms with Gasteiger partial charge in [-0.15, -0.1) is 0 Å². The topological polar surface area (TPSA) is 61.2 Å². The fraction of sp³-hybridized carbons (Fsp3) is 0.0625. The molecule has 0 spiro atoms. The van der Waals surface area contributed by atoms with Crippen LogP contribution >= 0.6 is 15.9 Å². The van der Waals surface area contributed by atoms with Gasteiger partial charge in [-0.2, -0.15) is 5.26 Å². The molecule has 1 aliphatic heterocycles. The Labute approximate surface area is 129 Å². The van der Waals surface area contributed by atoms with Crippen molar-refractivity contribution in [1.29, 1.82) is 5.26 Å². The fourth-order valence-corrected chi connectivity index (χ4v) is 2.91. The Bertz CT molecular complexity index is 773. The summed E-state index contributed by atoms with van der Waals surface area (Å²) in [6.07, 6.45) is 0. The van der Waals surface area contributed by atoms with E-state index < -0.39 is 0 Å². The smallest absolute Gasteiger partial charge is 0.261 e. The summed E-state index contributed by atoms with van der Waals surface area (Å²) in [6.45, 7) is 0.153. The van der Waals surface area contributed by atoms with Crippen LogP contribution in [-0.2, 0) is 6.54 Å². The normalized spacial score (nSPS) is 13.2. The van der Waals surface area contributed by atoms with Gasteiger partial charge in [0.15, 0.2) is 0 Å². The summed E-state index contributed by atoms with van der Waals surface area (Å²) in [5.41, 5.74) is 2.07. The maximum atomic E-state index is 12.3. The van der Waals surface area contributed by atoms with Crippen molar-refractivity contribution < 1.29 is 9.59 Å². The number of imide groups is 1. The number of benzene rings is 2. The minimum Gasteiger partial charge on any atom is -0.270 e. The average molecular weight is 341 g/mol. The summed E-state index contributed by atoms with van der Waals surface area (Å²) in [5, 5.41) is 8.98. The van der Waals surface area contributed by atoms with Crippen LogP contribution in [0.2, 0.25) is 0 Å². The van der Waals surface area contributed by atoms with E-state index in [1.807, 2.05) is 0 Å². The molecule has 5 heteroatoms. The zero-order valence-corrected chi connectivity index (χ0v) is 12.4. The molecule has 0 saturated heterocycles. The minimum absolute atomic E-state index is 0.153. The molecule has 1 heterocycles. The van der Waals surface area contributed by atoms with Crippen molar-refractivity contribution in [1.82, 2.24) is 4.90 Å². The number of fused-ring (bicyclic) bond motifs is 1. The molecule has 0 atom stereocenters.